The molecule has 0 atom stereocenters. The number of hydrogen-bond donors (Lipinski definition) is 0. The first-order valence-corrected chi connectivity index (χ1v) is 9.56. The van der Waals surface area contributed by atoms with E-state index in [0.717, 1.165) is 28.6 Å². The lowest BCUT2D eigenvalue weighted by Crippen LogP contribution is -1.99. The summed E-state index contributed by atoms with van der Waals surface area (Å²) in [5, 5.41) is 17.3. The van der Waals surface area contributed by atoms with Crippen LogP contribution >= 0.6 is 23.4 Å². The van der Waals surface area contributed by atoms with Gasteiger partial charge in [-0.25, -0.2) is 0 Å². The number of nitrogens with zero attached hydrogens (tertiary/aromatic N) is 7. The second-order valence-electron chi connectivity index (χ2n) is 5.55. The van der Waals surface area contributed by atoms with Crippen molar-refractivity contribution in [2.45, 2.75) is 18.0 Å². The fourth-order valence-corrected chi connectivity index (χ4v) is 3.33. The Morgan fingerprint density at radius 1 is 1.07 bits per heavy atom. The Labute approximate surface area is 164 Å². The highest BCUT2D eigenvalue weighted by molar-refractivity contribution is 7.99. The smallest absolute Gasteiger partial charge is 0.226 e. The van der Waals surface area contributed by atoms with Crippen molar-refractivity contribution in [1.82, 2.24) is 35.3 Å². The van der Waals surface area contributed by atoms with Gasteiger partial charge >= 0.3 is 0 Å². The van der Waals surface area contributed by atoms with E-state index in [-0.39, 0.29) is 0 Å². The molecule has 0 saturated carbocycles. The van der Waals surface area contributed by atoms with E-state index in [1.54, 1.807) is 28.8 Å². The summed E-state index contributed by atoms with van der Waals surface area (Å²) in [6.07, 6.45) is 4.95. The third-order valence-corrected chi connectivity index (χ3v) is 4.94. The molecule has 0 aliphatic heterocycles. The number of aromatic nitrogens is 7. The van der Waals surface area contributed by atoms with Gasteiger partial charge in [-0.2, -0.15) is 9.67 Å². The highest BCUT2D eigenvalue weighted by Crippen LogP contribution is 2.21. The monoisotopic (exact) mass is 399 g/mol. The standard InChI is InChI=1S/C17H14ClN7OS/c18-13-3-5-14(6-4-13)25-17(21-23-24-25)27-11-1-2-15-20-16(22-26-15)12-7-9-19-10-8-12/h3-10H,1-2,11H2. The van der Waals surface area contributed by atoms with E-state index >= 15 is 0 Å². The molecule has 4 rings (SSSR count). The van der Waals surface area contributed by atoms with Gasteiger partial charge in [0, 0.05) is 35.2 Å². The van der Waals surface area contributed by atoms with Gasteiger partial charge < -0.3 is 4.52 Å². The second kappa shape index (κ2) is 8.28. The van der Waals surface area contributed by atoms with Crippen LogP contribution in [0.4, 0.5) is 0 Å². The van der Waals surface area contributed by atoms with Crippen LogP contribution in [-0.4, -0.2) is 41.1 Å². The Kier molecular flexibility index (Phi) is 5.40. The average Bonchev–Trinajstić information content (AvgIpc) is 3.36. The van der Waals surface area contributed by atoms with E-state index in [2.05, 4.69) is 30.7 Å². The molecule has 0 bridgehead atoms. The lowest BCUT2D eigenvalue weighted by atomic mass is 10.2. The average molecular weight is 400 g/mol. The van der Waals surface area contributed by atoms with Crippen molar-refractivity contribution in [2.24, 2.45) is 0 Å². The van der Waals surface area contributed by atoms with Gasteiger partial charge in [0.05, 0.1) is 5.69 Å². The predicted molar refractivity (Wildman–Crippen MR) is 101 cm³/mol. The molecule has 4 aromatic rings. The summed E-state index contributed by atoms with van der Waals surface area (Å²) in [7, 11) is 0. The molecule has 0 aliphatic carbocycles. The lowest BCUT2D eigenvalue weighted by Gasteiger charge is -2.03. The maximum atomic E-state index is 5.93. The fraction of sp³-hybridized carbons (Fsp3) is 0.176. The number of tetrazole rings is 1. The van der Waals surface area contributed by atoms with E-state index in [1.165, 1.54) is 0 Å². The largest absolute Gasteiger partial charge is 0.339 e. The van der Waals surface area contributed by atoms with Crippen LogP contribution in [0.25, 0.3) is 17.1 Å². The SMILES string of the molecule is Clc1ccc(-n2nnnc2SCCCc2nc(-c3ccncc3)no2)cc1. The number of halogens is 1. The van der Waals surface area contributed by atoms with Gasteiger partial charge in [-0.1, -0.05) is 28.5 Å². The van der Waals surface area contributed by atoms with E-state index < -0.39 is 0 Å². The van der Waals surface area contributed by atoms with Crippen LogP contribution in [0.5, 0.6) is 0 Å². The van der Waals surface area contributed by atoms with Crippen LogP contribution in [0.2, 0.25) is 5.02 Å². The lowest BCUT2D eigenvalue weighted by molar-refractivity contribution is 0.378. The first kappa shape index (κ1) is 17.6. The summed E-state index contributed by atoms with van der Waals surface area (Å²) in [5.41, 5.74) is 1.75. The van der Waals surface area contributed by atoms with Crippen LogP contribution in [0, 0.1) is 0 Å². The molecule has 8 nitrogen and oxygen atoms in total. The van der Waals surface area contributed by atoms with Gasteiger partial charge in [0.25, 0.3) is 0 Å². The van der Waals surface area contributed by atoms with Crippen LogP contribution < -0.4 is 0 Å². The number of aryl methyl sites for hydroxylation is 1. The molecule has 10 heteroatoms. The maximum absolute atomic E-state index is 5.93. The minimum absolute atomic E-state index is 0.576. The molecule has 136 valence electrons. The molecule has 0 aliphatic rings. The van der Waals surface area contributed by atoms with E-state index in [9.17, 15) is 0 Å². The van der Waals surface area contributed by atoms with Crippen LogP contribution in [-0.2, 0) is 6.42 Å². The zero-order valence-corrected chi connectivity index (χ0v) is 15.6. The summed E-state index contributed by atoms with van der Waals surface area (Å²) < 4.78 is 7.00. The number of thioether (sulfide) groups is 1. The fourth-order valence-electron chi connectivity index (χ4n) is 2.37. The Morgan fingerprint density at radius 3 is 2.70 bits per heavy atom. The van der Waals surface area contributed by atoms with E-state index in [1.807, 2.05) is 36.4 Å². The number of benzene rings is 1. The molecular formula is C17H14ClN7OS. The highest BCUT2D eigenvalue weighted by atomic mass is 35.5. The quantitative estimate of drug-likeness (QED) is 0.344. The summed E-state index contributed by atoms with van der Waals surface area (Å²) in [6, 6.07) is 11.1. The molecule has 3 heterocycles. The number of pyridine rings is 1. The van der Waals surface area contributed by atoms with Gasteiger partial charge in [-0.15, -0.1) is 5.10 Å². The zero-order chi connectivity index (χ0) is 18.5. The summed E-state index contributed by atoms with van der Waals surface area (Å²) in [4.78, 5) is 8.40. The van der Waals surface area contributed by atoms with Crippen molar-refractivity contribution in [3.8, 4) is 17.1 Å². The normalized spacial score (nSPS) is 11.0. The van der Waals surface area contributed by atoms with Crippen molar-refractivity contribution in [3.63, 3.8) is 0 Å². The van der Waals surface area contributed by atoms with Crippen molar-refractivity contribution < 1.29 is 4.52 Å². The first-order valence-electron chi connectivity index (χ1n) is 8.20. The van der Waals surface area contributed by atoms with Gasteiger partial charge in [0.15, 0.2) is 0 Å². The molecule has 0 spiro atoms. The van der Waals surface area contributed by atoms with Gasteiger partial charge in [-0.3, -0.25) is 4.98 Å². The molecule has 0 amide bonds. The maximum Gasteiger partial charge on any atom is 0.226 e. The van der Waals surface area contributed by atoms with Gasteiger partial charge in [-0.05, 0) is 53.2 Å². The second-order valence-corrected chi connectivity index (χ2v) is 7.05. The molecule has 1 aromatic carbocycles. The Hall–Kier alpha value is -2.78. The van der Waals surface area contributed by atoms with Crippen LogP contribution in [0.3, 0.4) is 0 Å². The molecule has 0 N–H and O–H groups in total. The van der Waals surface area contributed by atoms with Crippen LogP contribution in [0.1, 0.15) is 12.3 Å². The summed E-state index contributed by atoms with van der Waals surface area (Å²) in [6.45, 7) is 0. The van der Waals surface area contributed by atoms with E-state index in [0.29, 0.717) is 23.2 Å². The summed E-state index contributed by atoms with van der Waals surface area (Å²) in [5.74, 6) is 2.01. The minimum atomic E-state index is 0.576. The predicted octanol–water partition coefficient (Wildman–Crippen LogP) is 3.49. The van der Waals surface area contributed by atoms with E-state index in [4.69, 9.17) is 16.1 Å². The summed E-state index contributed by atoms with van der Waals surface area (Å²) >= 11 is 7.50. The third-order valence-electron chi connectivity index (χ3n) is 3.68. The Morgan fingerprint density at radius 2 is 1.89 bits per heavy atom. The first-order chi connectivity index (χ1) is 13.3. The number of rotatable bonds is 7. The van der Waals surface area contributed by atoms with Crippen molar-refractivity contribution in [1.29, 1.82) is 0 Å². The number of hydrogen-bond acceptors (Lipinski definition) is 8. The topological polar surface area (TPSA) is 95.4 Å². The molecule has 0 radical (unpaired) electrons. The molecule has 0 saturated heterocycles. The highest BCUT2D eigenvalue weighted by Gasteiger charge is 2.11. The van der Waals surface area contributed by atoms with Gasteiger partial charge in [0.1, 0.15) is 0 Å². The van der Waals surface area contributed by atoms with Crippen molar-refractivity contribution in [2.75, 3.05) is 5.75 Å². The molecular weight excluding hydrogens is 386 g/mol. The van der Waals surface area contributed by atoms with Gasteiger partial charge in [0.2, 0.25) is 16.9 Å². The molecule has 0 unspecified atom stereocenters. The third kappa shape index (κ3) is 4.32. The molecule has 27 heavy (non-hydrogen) atoms. The van der Waals surface area contributed by atoms with Crippen molar-refractivity contribution >= 4 is 23.4 Å². The Bertz CT molecular complexity index is 1000. The van der Waals surface area contributed by atoms with Crippen LogP contribution in [0.15, 0.2) is 58.5 Å². The van der Waals surface area contributed by atoms with Crippen molar-refractivity contribution in [3.05, 3.63) is 59.7 Å². The minimum Gasteiger partial charge on any atom is -0.339 e. The molecule has 3 aromatic heterocycles. The zero-order valence-electron chi connectivity index (χ0n) is 14.1. The Balaban J connectivity index is 1.32. The molecule has 0 fully saturated rings.